The standard InChI is InChI=1S/C17H24N4O2S/c1-10-11(2)24-17-15(10)16(23)19-13(20-17)6-7-14(22)21-8-4-5-12(9-21)18-3/h12,18H,4-9H2,1-3H3,(H,19,20,23). The SMILES string of the molecule is CNC1CCCN(C(=O)CCc2nc3sc(C)c(C)c3c(=O)[nH]2)C1. The van der Waals surface area contributed by atoms with E-state index in [1.165, 1.54) is 11.3 Å². The highest BCUT2D eigenvalue weighted by Gasteiger charge is 2.22. The number of piperidine rings is 1. The van der Waals surface area contributed by atoms with Gasteiger partial charge in [-0.25, -0.2) is 4.98 Å². The number of aromatic nitrogens is 2. The summed E-state index contributed by atoms with van der Waals surface area (Å²) in [7, 11) is 1.94. The van der Waals surface area contributed by atoms with Crippen LogP contribution in [0.1, 0.15) is 35.5 Å². The Morgan fingerprint density at radius 3 is 3.00 bits per heavy atom. The van der Waals surface area contributed by atoms with Gasteiger partial charge >= 0.3 is 0 Å². The number of rotatable bonds is 4. The Morgan fingerprint density at radius 1 is 1.46 bits per heavy atom. The average molecular weight is 348 g/mol. The summed E-state index contributed by atoms with van der Waals surface area (Å²) >= 11 is 1.54. The number of carbonyl (C=O) groups excluding carboxylic acids is 1. The van der Waals surface area contributed by atoms with Crippen LogP contribution in [-0.2, 0) is 11.2 Å². The molecule has 130 valence electrons. The van der Waals surface area contributed by atoms with Crippen molar-refractivity contribution < 1.29 is 4.79 Å². The van der Waals surface area contributed by atoms with Crippen LogP contribution >= 0.6 is 11.3 Å². The largest absolute Gasteiger partial charge is 0.341 e. The third-order valence-corrected chi connectivity index (χ3v) is 5.95. The van der Waals surface area contributed by atoms with E-state index in [0.29, 0.717) is 30.1 Å². The van der Waals surface area contributed by atoms with Crippen molar-refractivity contribution in [2.24, 2.45) is 0 Å². The van der Waals surface area contributed by atoms with Crippen LogP contribution in [0.3, 0.4) is 0 Å². The van der Waals surface area contributed by atoms with E-state index >= 15 is 0 Å². The Labute approximate surface area is 145 Å². The molecule has 1 unspecified atom stereocenters. The zero-order chi connectivity index (χ0) is 17.3. The molecule has 1 aliphatic heterocycles. The van der Waals surface area contributed by atoms with Gasteiger partial charge in [0.1, 0.15) is 10.7 Å². The summed E-state index contributed by atoms with van der Waals surface area (Å²) in [5.41, 5.74) is 0.898. The van der Waals surface area contributed by atoms with Crippen molar-refractivity contribution in [1.29, 1.82) is 0 Å². The number of nitrogens with zero attached hydrogens (tertiary/aromatic N) is 2. The van der Waals surface area contributed by atoms with Gasteiger partial charge in [-0.2, -0.15) is 0 Å². The molecule has 6 nitrogen and oxygen atoms in total. The van der Waals surface area contributed by atoms with Gasteiger partial charge in [0, 0.05) is 36.9 Å². The van der Waals surface area contributed by atoms with Crippen molar-refractivity contribution >= 4 is 27.5 Å². The van der Waals surface area contributed by atoms with E-state index in [0.717, 1.165) is 41.2 Å². The van der Waals surface area contributed by atoms with Gasteiger partial charge in [-0.05, 0) is 39.3 Å². The van der Waals surface area contributed by atoms with Gasteiger partial charge in [-0.1, -0.05) is 0 Å². The molecule has 1 aliphatic rings. The zero-order valence-corrected chi connectivity index (χ0v) is 15.3. The van der Waals surface area contributed by atoms with Crippen LogP contribution < -0.4 is 10.9 Å². The Balaban J connectivity index is 1.69. The lowest BCUT2D eigenvalue weighted by molar-refractivity contribution is -0.132. The number of likely N-dealkylation sites (N-methyl/N-ethyl adjacent to an activating group) is 1. The number of hydrogen-bond donors (Lipinski definition) is 2. The molecule has 0 aromatic carbocycles. The maximum absolute atomic E-state index is 12.4. The van der Waals surface area contributed by atoms with Crippen LogP contribution in [0, 0.1) is 13.8 Å². The molecular formula is C17H24N4O2S. The molecule has 24 heavy (non-hydrogen) atoms. The summed E-state index contributed by atoms with van der Waals surface area (Å²) in [6.45, 7) is 5.53. The number of aryl methyl sites for hydroxylation is 3. The topological polar surface area (TPSA) is 78.1 Å². The van der Waals surface area contributed by atoms with E-state index in [9.17, 15) is 9.59 Å². The number of thiophene rings is 1. The molecule has 2 aromatic rings. The highest BCUT2D eigenvalue weighted by Crippen LogP contribution is 2.25. The highest BCUT2D eigenvalue weighted by molar-refractivity contribution is 7.18. The lowest BCUT2D eigenvalue weighted by atomic mass is 10.1. The first-order valence-corrected chi connectivity index (χ1v) is 9.25. The van der Waals surface area contributed by atoms with Crippen LogP contribution in [-0.4, -0.2) is 47.0 Å². The normalized spacial score (nSPS) is 18.3. The number of likely N-dealkylation sites (tertiary alicyclic amines) is 1. The molecular weight excluding hydrogens is 324 g/mol. The number of carbonyl (C=O) groups is 1. The fourth-order valence-corrected chi connectivity index (χ4v) is 4.29. The fourth-order valence-electron chi connectivity index (χ4n) is 3.24. The lowest BCUT2D eigenvalue weighted by Gasteiger charge is -2.32. The second-order valence-corrected chi connectivity index (χ2v) is 7.65. The Kier molecular flexibility index (Phi) is 5.01. The van der Waals surface area contributed by atoms with Gasteiger partial charge in [0.15, 0.2) is 0 Å². The molecule has 0 radical (unpaired) electrons. The first kappa shape index (κ1) is 17.1. The lowest BCUT2D eigenvalue weighted by Crippen LogP contribution is -2.47. The predicted octanol–water partition coefficient (Wildman–Crippen LogP) is 1.74. The quantitative estimate of drug-likeness (QED) is 0.882. The van der Waals surface area contributed by atoms with Crippen LogP contribution in [0.5, 0.6) is 0 Å². The van der Waals surface area contributed by atoms with Crippen LogP contribution in [0.15, 0.2) is 4.79 Å². The molecule has 0 aliphatic carbocycles. The predicted molar refractivity (Wildman–Crippen MR) is 96.7 cm³/mol. The second-order valence-electron chi connectivity index (χ2n) is 6.44. The number of fused-ring (bicyclic) bond motifs is 1. The summed E-state index contributed by atoms with van der Waals surface area (Å²) in [5, 5.41) is 3.93. The third kappa shape index (κ3) is 3.37. The van der Waals surface area contributed by atoms with Gasteiger partial charge in [0.25, 0.3) is 5.56 Å². The van der Waals surface area contributed by atoms with Crippen LogP contribution in [0.25, 0.3) is 10.2 Å². The molecule has 1 amide bonds. The van der Waals surface area contributed by atoms with Gasteiger partial charge in [-0.3, -0.25) is 9.59 Å². The van der Waals surface area contributed by atoms with Gasteiger partial charge < -0.3 is 15.2 Å². The number of amides is 1. The molecule has 1 saturated heterocycles. The smallest absolute Gasteiger partial charge is 0.259 e. The van der Waals surface area contributed by atoms with Gasteiger partial charge in [-0.15, -0.1) is 11.3 Å². The van der Waals surface area contributed by atoms with E-state index in [1.807, 2.05) is 25.8 Å². The Morgan fingerprint density at radius 2 is 2.25 bits per heavy atom. The fraction of sp³-hybridized carbons (Fsp3) is 0.588. The molecule has 0 bridgehead atoms. The number of aromatic amines is 1. The third-order valence-electron chi connectivity index (χ3n) is 4.85. The molecule has 0 saturated carbocycles. The maximum atomic E-state index is 12.4. The van der Waals surface area contributed by atoms with E-state index < -0.39 is 0 Å². The van der Waals surface area contributed by atoms with E-state index in [2.05, 4.69) is 15.3 Å². The molecule has 3 rings (SSSR count). The van der Waals surface area contributed by atoms with Crippen molar-refractivity contribution in [2.45, 2.75) is 45.6 Å². The summed E-state index contributed by atoms with van der Waals surface area (Å²) in [6, 6.07) is 0.383. The molecule has 1 atom stereocenters. The van der Waals surface area contributed by atoms with Crippen molar-refractivity contribution in [3.05, 3.63) is 26.6 Å². The van der Waals surface area contributed by atoms with Crippen molar-refractivity contribution in [3.8, 4) is 0 Å². The number of H-pyrrole nitrogens is 1. The minimum absolute atomic E-state index is 0.0995. The molecule has 0 spiro atoms. The van der Waals surface area contributed by atoms with Crippen molar-refractivity contribution in [3.63, 3.8) is 0 Å². The molecule has 1 fully saturated rings. The monoisotopic (exact) mass is 348 g/mol. The number of hydrogen-bond acceptors (Lipinski definition) is 5. The first-order chi connectivity index (χ1) is 11.5. The minimum atomic E-state index is -0.0995. The Bertz CT molecular complexity index is 811. The van der Waals surface area contributed by atoms with Gasteiger partial charge in [0.2, 0.25) is 5.91 Å². The first-order valence-electron chi connectivity index (χ1n) is 8.43. The van der Waals surface area contributed by atoms with E-state index in [1.54, 1.807) is 0 Å². The summed E-state index contributed by atoms with van der Waals surface area (Å²) < 4.78 is 0. The van der Waals surface area contributed by atoms with Crippen molar-refractivity contribution in [1.82, 2.24) is 20.2 Å². The Hall–Kier alpha value is -1.73. The highest BCUT2D eigenvalue weighted by atomic mass is 32.1. The van der Waals surface area contributed by atoms with E-state index in [-0.39, 0.29) is 11.5 Å². The summed E-state index contributed by atoms with van der Waals surface area (Å²) in [5.74, 6) is 0.737. The molecule has 3 heterocycles. The van der Waals surface area contributed by atoms with Crippen LogP contribution in [0.2, 0.25) is 0 Å². The van der Waals surface area contributed by atoms with Crippen LogP contribution in [0.4, 0.5) is 0 Å². The number of nitrogens with one attached hydrogen (secondary N) is 2. The molecule has 2 N–H and O–H groups in total. The molecule has 2 aromatic heterocycles. The summed E-state index contributed by atoms with van der Waals surface area (Å²) in [4.78, 5) is 35.9. The van der Waals surface area contributed by atoms with E-state index in [4.69, 9.17) is 0 Å². The average Bonchev–Trinajstić information content (AvgIpc) is 2.87. The minimum Gasteiger partial charge on any atom is -0.341 e. The van der Waals surface area contributed by atoms with Gasteiger partial charge in [0.05, 0.1) is 5.39 Å². The zero-order valence-electron chi connectivity index (χ0n) is 14.4. The van der Waals surface area contributed by atoms with Crippen molar-refractivity contribution in [2.75, 3.05) is 20.1 Å². The second kappa shape index (κ2) is 7.03. The molecule has 7 heteroatoms. The summed E-state index contributed by atoms with van der Waals surface area (Å²) in [6.07, 6.45) is 3.00. The maximum Gasteiger partial charge on any atom is 0.259 e.